The van der Waals surface area contributed by atoms with Gasteiger partial charge in [-0.3, -0.25) is 0 Å². The fraction of sp³-hybridized carbons (Fsp3) is 0.571. The molecule has 1 aromatic carbocycles. The molecular weight excluding hydrogens is 311 g/mol. The third-order valence-electron chi connectivity index (χ3n) is 3.57. The quantitative estimate of drug-likeness (QED) is 0.633. The van der Waals surface area contributed by atoms with Crippen molar-refractivity contribution in [3.63, 3.8) is 0 Å². The lowest BCUT2D eigenvalue weighted by atomic mass is 9.89. The minimum Gasteiger partial charge on any atom is -0.388 e. The van der Waals surface area contributed by atoms with Crippen LogP contribution in [0.25, 0.3) is 0 Å². The summed E-state index contributed by atoms with van der Waals surface area (Å²) in [7, 11) is 0. The minimum absolute atomic E-state index is 0.258. The predicted molar refractivity (Wildman–Crippen MR) is 75.3 cm³/mol. The third-order valence-corrected chi connectivity index (χ3v) is 4.55. The van der Waals surface area contributed by atoms with E-state index < -0.39 is 0 Å². The Morgan fingerprint density at radius 3 is 2.31 bits per heavy atom. The maximum atomic E-state index is 10.4. The maximum Gasteiger partial charge on any atom is 0.0828 e. The first-order valence-electron chi connectivity index (χ1n) is 6.21. The molecule has 1 atom stereocenters. The van der Waals surface area contributed by atoms with Crippen molar-refractivity contribution in [2.45, 2.75) is 44.6 Å². The Balaban J connectivity index is 2.11. The van der Waals surface area contributed by atoms with Gasteiger partial charge < -0.3 is 5.11 Å². The van der Waals surface area contributed by atoms with Crippen molar-refractivity contribution in [3.05, 3.63) is 33.4 Å². The van der Waals surface area contributed by atoms with Crippen molar-refractivity contribution in [3.8, 4) is 0 Å². The van der Waals surface area contributed by atoms with E-state index in [0.29, 0.717) is 5.92 Å². The molecule has 0 spiro atoms. The number of aliphatic hydroxyl groups is 1. The molecule has 0 saturated heterocycles. The zero-order valence-electron chi connectivity index (χ0n) is 9.53. The summed E-state index contributed by atoms with van der Waals surface area (Å²) in [5.74, 6) is 0.471. The summed E-state index contributed by atoms with van der Waals surface area (Å²) < 4.78 is 1.19. The Morgan fingerprint density at radius 2 is 1.69 bits per heavy atom. The van der Waals surface area contributed by atoms with Crippen LogP contribution in [0.15, 0.2) is 24.3 Å². The van der Waals surface area contributed by atoms with Crippen LogP contribution in [-0.2, 0) is 0 Å². The number of hydrogen-bond acceptors (Lipinski definition) is 1. The van der Waals surface area contributed by atoms with E-state index in [0.717, 1.165) is 5.56 Å². The van der Waals surface area contributed by atoms with E-state index in [2.05, 4.69) is 34.7 Å². The molecular formula is C14H19IO. The van der Waals surface area contributed by atoms with Crippen LogP contribution in [0.2, 0.25) is 0 Å². The molecule has 0 radical (unpaired) electrons. The first-order valence-corrected chi connectivity index (χ1v) is 7.29. The Labute approximate surface area is 111 Å². The van der Waals surface area contributed by atoms with E-state index in [4.69, 9.17) is 0 Å². The average molecular weight is 330 g/mol. The lowest BCUT2D eigenvalue weighted by molar-refractivity contribution is 0.0980. The topological polar surface area (TPSA) is 20.2 Å². The van der Waals surface area contributed by atoms with Gasteiger partial charge in [-0.15, -0.1) is 0 Å². The highest BCUT2D eigenvalue weighted by Gasteiger charge is 2.23. The van der Waals surface area contributed by atoms with Crippen molar-refractivity contribution >= 4 is 22.6 Å². The van der Waals surface area contributed by atoms with Crippen molar-refractivity contribution in [1.82, 2.24) is 0 Å². The van der Waals surface area contributed by atoms with Crippen molar-refractivity contribution in [2.75, 3.05) is 0 Å². The summed E-state index contributed by atoms with van der Waals surface area (Å²) in [5.41, 5.74) is 1.12. The molecule has 2 rings (SSSR count). The Bertz CT molecular complexity index is 329. The van der Waals surface area contributed by atoms with Crippen LogP contribution in [0.5, 0.6) is 0 Å². The zero-order chi connectivity index (χ0) is 11.4. The van der Waals surface area contributed by atoms with Gasteiger partial charge in [-0.05, 0) is 53.0 Å². The van der Waals surface area contributed by atoms with Crippen molar-refractivity contribution in [1.29, 1.82) is 0 Å². The number of aliphatic hydroxyl groups excluding tert-OH is 1. The van der Waals surface area contributed by atoms with Gasteiger partial charge in [0, 0.05) is 3.57 Å². The second kappa shape index (κ2) is 6.01. The second-order valence-electron chi connectivity index (χ2n) is 4.72. The third kappa shape index (κ3) is 2.98. The van der Waals surface area contributed by atoms with Crippen LogP contribution < -0.4 is 0 Å². The number of halogens is 1. The van der Waals surface area contributed by atoms with Crippen LogP contribution in [0.1, 0.15) is 50.2 Å². The van der Waals surface area contributed by atoms with Crippen LogP contribution in [-0.4, -0.2) is 5.11 Å². The highest BCUT2D eigenvalue weighted by Crippen LogP contribution is 2.34. The normalized spacial score (nSPS) is 20.4. The lowest BCUT2D eigenvalue weighted by Crippen LogP contribution is -2.13. The van der Waals surface area contributed by atoms with E-state index in [9.17, 15) is 5.11 Å². The lowest BCUT2D eigenvalue weighted by Gasteiger charge is -2.22. The summed E-state index contributed by atoms with van der Waals surface area (Å²) in [5, 5.41) is 10.4. The molecule has 88 valence electrons. The molecule has 1 aromatic rings. The molecule has 1 nitrogen and oxygen atoms in total. The smallest absolute Gasteiger partial charge is 0.0828 e. The first kappa shape index (κ1) is 12.4. The molecule has 0 aliphatic heterocycles. The molecule has 0 heterocycles. The van der Waals surface area contributed by atoms with Gasteiger partial charge in [0.05, 0.1) is 6.10 Å². The highest BCUT2D eigenvalue weighted by atomic mass is 127. The van der Waals surface area contributed by atoms with E-state index in [1.807, 2.05) is 12.1 Å². The molecule has 0 bridgehead atoms. The first-order chi connectivity index (χ1) is 7.79. The van der Waals surface area contributed by atoms with Gasteiger partial charge in [0.2, 0.25) is 0 Å². The van der Waals surface area contributed by atoms with E-state index in [1.165, 1.54) is 42.1 Å². The Hall–Kier alpha value is -0.0900. The molecule has 0 aromatic heterocycles. The standard InChI is InChI=1S/C14H19IO/c15-13-10-6-5-9-12(13)14(16)11-7-3-1-2-4-8-11/h5-6,9-11,14,16H,1-4,7-8H2. The van der Waals surface area contributed by atoms with Gasteiger partial charge in [0.25, 0.3) is 0 Å². The van der Waals surface area contributed by atoms with Crippen LogP contribution in [0.3, 0.4) is 0 Å². The predicted octanol–water partition coefficient (Wildman–Crippen LogP) is 4.30. The second-order valence-corrected chi connectivity index (χ2v) is 5.88. The van der Waals surface area contributed by atoms with Gasteiger partial charge in [0.1, 0.15) is 0 Å². The largest absolute Gasteiger partial charge is 0.388 e. The van der Waals surface area contributed by atoms with E-state index >= 15 is 0 Å². The molecule has 1 aliphatic carbocycles. The molecule has 1 saturated carbocycles. The van der Waals surface area contributed by atoms with E-state index in [-0.39, 0.29) is 6.10 Å². The number of benzene rings is 1. The summed E-state index contributed by atoms with van der Waals surface area (Å²) in [6, 6.07) is 8.20. The molecule has 16 heavy (non-hydrogen) atoms. The fourth-order valence-electron chi connectivity index (χ4n) is 2.60. The summed E-state index contributed by atoms with van der Waals surface area (Å²) in [6.07, 6.45) is 7.37. The fourth-order valence-corrected chi connectivity index (χ4v) is 3.30. The van der Waals surface area contributed by atoms with Gasteiger partial charge in [0.15, 0.2) is 0 Å². The van der Waals surface area contributed by atoms with Gasteiger partial charge >= 0.3 is 0 Å². The highest BCUT2D eigenvalue weighted by molar-refractivity contribution is 14.1. The summed E-state index contributed by atoms with van der Waals surface area (Å²) in [6.45, 7) is 0. The van der Waals surface area contributed by atoms with Gasteiger partial charge in [-0.25, -0.2) is 0 Å². The summed E-state index contributed by atoms with van der Waals surface area (Å²) in [4.78, 5) is 0. The van der Waals surface area contributed by atoms with Crippen molar-refractivity contribution < 1.29 is 5.11 Å². The zero-order valence-corrected chi connectivity index (χ0v) is 11.7. The molecule has 1 aliphatic rings. The van der Waals surface area contributed by atoms with Crippen molar-refractivity contribution in [2.24, 2.45) is 5.92 Å². The Morgan fingerprint density at radius 1 is 1.06 bits per heavy atom. The van der Waals surface area contributed by atoms with Crippen LogP contribution >= 0.6 is 22.6 Å². The minimum atomic E-state index is -0.258. The van der Waals surface area contributed by atoms with Gasteiger partial charge in [-0.2, -0.15) is 0 Å². The molecule has 1 unspecified atom stereocenters. The van der Waals surface area contributed by atoms with Crippen LogP contribution in [0.4, 0.5) is 0 Å². The number of rotatable bonds is 2. The monoisotopic (exact) mass is 330 g/mol. The SMILES string of the molecule is OC(c1ccccc1I)C1CCCCCC1. The number of hydrogen-bond donors (Lipinski definition) is 1. The Kier molecular flexibility index (Phi) is 4.65. The maximum absolute atomic E-state index is 10.4. The molecule has 2 heteroatoms. The van der Waals surface area contributed by atoms with Gasteiger partial charge in [-0.1, -0.05) is 43.9 Å². The average Bonchev–Trinajstić information content (AvgIpc) is 2.57. The molecule has 1 N–H and O–H groups in total. The molecule has 0 amide bonds. The molecule has 1 fully saturated rings. The van der Waals surface area contributed by atoms with E-state index in [1.54, 1.807) is 0 Å². The summed E-state index contributed by atoms with van der Waals surface area (Å²) >= 11 is 2.32. The van der Waals surface area contributed by atoms with Crippen LogP contribution in [0, 0.1) is 9.49 Å².